The van der Waals surface area contributed by atoms with Crippen molar-refractivity contribution >= 4 is 11.3 Å². The van der Waals surface area contributed by atoms with Crippen LogP contribution in [0, 0.1) is 0 Å². The van der Waals surface area contributed by atoms with Gasteiger partial charge in [0.15, 0.2) is 0 Å². The lowest BCUT2D eigenvalue weighted by Gasteiger charge is -2.31. The van der Waals surface area contributed by atoms with Gasteiger partial charge in [-0.15, -0.1) is 11.3 Å². The molecule has 5 heteroatoms. The van der Waals surface area contributed by atoms with E-state index >= 15 is 0 Å². The van der Waals surface area contributed by atoms with Crippen molar-refractivity contribution in [3.05, 3.63) is 16.1 Å². The molecule has 4 nitrogen and oxygen atoms in total. The van der Waals surface area contributed by atoms with Gasteiger partial charge in [0, 0.05) is 30.4 Å². The maximum absolute atomic E-state index is 9.12. The van der Waals surface area contributed by atoms with E-state index < -0.39 is 0 Å². The second-order valence-electron chi connectivity index (χ2n) is 5.80. The molecular weight excluding hydrogens is 248 g/mol. The number of rotatable bonds is 3. The van der Waals surface area contributed by atoms with Crippen molar-refractivity contribution in [2.24, 2.45) is 0 Å². The topological polar surface area (TPSA) is 45.6 Å². The number of hydrogen-bond acceptors (Lipinski definition) is 5. The van der Waals surface area contributed by atoms with Gasteiger partial charge in [-0.25, -0.2) is 4.98 Å². The molecule has 1 unspecified atom stereocenters. The molecule has 0 saturated carbocycles. The van der Waals surface area contributed by atoms with E-state index in [0.29, 0.717) is 6.61 Å². The average Bonchev–Trinajstić information content (AvgIpc) is 2.77. The maximum atomic E-state index is 9.12. The number of aliphatic hydroxyl groups excluding tert-OH is 1. The van der Waals surface area contributed by atoms with Crippen LogP contribution >= 0.6 is 11.3 Å². The van der Waals surface area contributed by atoms with Gasteiger partial charge in [-0.3, -0.25) is 4.90 Å². The summed E-state index contributed by atoms with van der Waals surface area (Å²) in [6, 6.07) is 0. The molecule has 1 aliphatic heterocycles. The van der Waals surface area contributed by atoms with Crippen LogP contribution < -0.4 is 0 Å². The largest absolute Gasteiger partial charge is 0.394 e. The van der Waals surface area contributed by atoms with Crippen molar-refractivity contribution in [2.45, 2.75) is 38.8 Å². The third kappa shape index (κ3) is 3.51. The van der Waals surface area contributed by atoms with E-state index in [4.69, 9.17) is 14.8 Å². The van der Waals surface area contributed by atoms with E-state index in [1.165, 1.54) is 5.01 Å². The summed E-state index contributed by atoms with van der Waals surface area (Å²) < 4.78 is 5.45. The molecule has 0 radical (unpaired) electrons. The fourth-order valence-corrected chi connectivity index (χ4v) is 2.89. The Morgan fingerprint density at radius 3 is 2.94 bits per heavy atom. The van der Waals surface area contributed by atoms with Gasteiger partial charge in [0.25, 0.3) is 0 Å². The van der Waals surface area contributed by atoms with Gasteiger partial charge in [0.2, 0.25) is 0 Å². The Morgan fingerprint density at radius 1 is 1.56 bits per heavy atom. The van der Waals surface area contributed by atoms with Gasteiger partial charge < -0.3 is 9.84 Å². The van der Waals surface area contributed by atoms with Crippen molar-refractivity contribution in [2.75, 3.05) is 26.3 Å². The third-order valence-electron chi connectivity index (χ3n) is 3.01. The van der Waals surface area contributed by atoms with Gasteiger partial charge in [0.05, 0.1) is 30.0 Å². The van der Waals surface area contributed by atoms with Crippen molar-refractivity contribution in [3.63, 3.8) is 0 Å². The highest BCUT2D eigenvalue weighted by molar-refractivity contribution is 7.09. The summed E-state index contributed by atoms with van der Waals surface area (Å²) in [4.78, 5) is 7.00. The molecule has 1 aliphatic rings. The summed E-state index contributed by atoms with van der Waals surface area (Å²) in [6.07, 6.45) is -0.0422. The molecule has 0 amide bonds. The van der Waals surface area contributed by atoms with Crippen LogP contribution in [0.4, 0.5) is 0 Å². The average molecular weight is 270 g/mol. The first-order valence-corrected chi connectivity index (χ1v) is 7.26. The third-order valence-corrected chi connectivity index (χ3v) is 4.32. The first kappa shape index (κ1) is 13.9. The summed E-state index contributed by atoms with van der Waals surface area (Å²) in [5.41, 5.74) is 1.25. The summed E-state index contributed by atoms with van der Waals surface area (Å²) in [5.74, 6) is 0. The summed E-state index contributed by atoms with van der Waals surface area (Å²) in [6.45, 7) is 9.91. The quantitative estimate of drug-likeness (QED) is 0.907. The Kier molecular flexibility index (Phi) is 4.37. The molecule has 1 atom stereocenters. The van der Waals surface area contributed by atoms with Crippen LogP contribution in [-0.4, -0.2) is 47.4 Å². The molecule has 18 heavy (non-hydrogen) atoms. The maximum Gasteiger partial charge on any atom is 0.0982 e. The molecule has 2 rings (SSSR count). The first-order chi connectivity index (χ1) is 8.49. The standard InChI is InChI=1S/C13H22N2O2S/c1-13(2,3)12-14-10(9-18-12)6-15-4-5-17-11(7-15)8-16/h9,11,16H,4-8H2,1-3H3. The molecule has 102 valence electrons. The van der Waals surface area contributed by atoms with Crippen LogP contribution in [0.25, 0.3) is 0 Å². The highest BCUT2D eigenvalue weighted by Crippen LogP contribution is 2.26. The zero-order valence-corrected chi connectivity index (χ0v) is 12.2. The van der Waals surface area contributed by atoms with Gasteiger partial charge in [-0.2, -0.15) is 0 Å². The highest BCUT2D eigenvalue weighted by Gasteiger charge is 2.22. The molecule has 1 saturated heterocycles. The Balaban J connectivity index is 1.95. The number of thiazole rings is 1. The number of nitrogens with zero attached hydrogens (tertiary/aromatic N) is 2. The lowest BCUT2D eigenvalue weighted by Crippen LogP contribution is -2.43. The van der Waals surface area contributed by atoms with Gasteiger partial charge in [0.1, 0.15) is 0 Å². The van der Waals surface area contributed by atoms with Crippen LogP contribution in [0.15, 0.2) is 5.38 Å². The first-order valence-electron chi connectivity index (χ1n) is 6.39. The fourth-order valence-electron chi connectivity index (χ4n) is 1.99. The van der Waals surface area contributed by atoms with E-state index in [2.05, 4.69) is 31.1 Å². The minimum Gasteiger partial charge on any atom is -0.394 e. The van der Waals surface area contributed by atoms with Crippen LogP contribution in [0.2, 0.25) is 0 Å². The Labute approximate surface area is 113 Å². The van der Waals surface area contributed by atoms with E-state index in [-0.39, 0.29) is 18.1 Å². The van der Waals surface area contributed by atoms with Crippen molar-refractivity contribution in [1.29, 1.82) is 0 Å². The number of ether oxygens (including phenoxy) is 1. The minimum absolute atomic E-state index is 0.0422. The predicted molar refractivity (Wildman–Crippen MR) is 72.9 cm³/mol. The normalized spacial score (nSPS) is 22.3. The van der Waals surface area contributed by atoms with E-state index in [1.807, 2.05) is 0 Å². The number of hydrogen-bond donors (Lipinski definition) is 1. The van der Waals surface area contributed by atoms with E-state index in [1.54, 1.807) is 11.3 Å². The van der Waals surface area contributed by atoms with Crippen LogP contribution in [0.5, 0.6) is 0 Å². The molecular formula is C13H22N2O2S. The molecule has 1 N–H and O–H groups in total. The number of morpholine rings is 1. The fraction of sp³-hybridized carbons (Fsp3) is 0.769. The lowest BCUT2D eigenvalue weighted by atomic mass is 9.98. The minimum atomic E-state index is -0.0422. The number of aromatic nitrogens is 1. The van der Waals surface area contributed by atoms with Crippen molar-refractivity contribution in [1.82, 2.24) is 9.88 Å². The van der Waals surface area contributed by atoms with Gasteiger partial charge >= 0.3 is 0 Å². The Hall–Kier alpha value is -0.490. The molecule has 0 aromatic carbocycles. The van der Waals surface area contributed by atoms with Crippen LogP contribution in [0.3, 0.4) is 0 Å². The summed E-state index contributed by atoms with van der Waals surface area (Å²) in [7, 11) is 0. The lowest BCUT2D eigenvalue weighted by molar-refractivity contribution is -0.0553. The van der Waals surface area contributed by atoms with Crippen molar-refractivity contribution in [3.8, 4) is 0 Å². The van der Waals surface area contributed by atoms with Crippen LogP contribution in [-0.2, 0) is 16.7 Å². The van der Waals surface area contributed by atoms with E-state index in [0.717, 1.165) is 25.3 Å². The molecule has 1 aromatic rings. The summed E-state index contributed by atoms with van der Waals surface area (Å²) >= 11 is 1.73. The highest BCUT2D eigenvalue weighted by atomic mass is 32.1. The second kappa shape index (κ2) is 5.65. The summed E-state index contributed by atoms with van der Waals surface area (Å²) in [5, 5.41) is 12.4. The Morgan fingerprint density at radius 2 is 2.33 bits per heavy atom. The molecule has 0 bridgehead atoms. The second-order valence-corrected chi connectivity index (χ2v) is 6.66. The van der Waals surface area contributed by atoms with E-state index in [9.17, 15) is 0 Å². The van der Waals surface area contributed by atoms with Crippen LogP contribution in [0.1, 0.15) is 31.5 Å². The zero-order valence-electron chi connectivity index (χ0n) is 11.3. The van der Waals surface area contributed by atoms with Gasteiger partial charge in [-0.1, -0.05) is 20.8 Å². The molecule has 1 fully saturated rings. The predicted octanol–water partition coefficient (Wildman–Crippen LogP) is 1.63. The Bertz CT molecular complexity index is 387. The van der Waals surface area contributed by atoms with Gasteiger partial charge in [-0.05, 0) is 0 Å². The number of aliphatic hydroxyl groups is 1. The SMILES string of the molecule is CC(C)(C)c1nc(CN2CCOC(CO)C2)cs1. The monoisotopic (exact) mass is 270 g/mol. The van der Waals surface area contributed by atoms with Crippen molar-refractivity contribution < 1.29 is 9.84 Å². The zero-order chi connectivity index (χ0) is 13.2. The molecule has 0 aliphatic carbocycles. The smallest absolute Gasteiger partial charge is 0.0982 e. The molecule has 1 aromatic heterocycles. The molecule has 0 spiro atoms. The molecule has 2 heterocycles.